The summed E-state index contributed by atoms with van der Waals surface area (Å²) in [5.41, 5.74) is 0.111. The molecule has 0 radical (unpaired) electrons. The van der Waals surface area contributed by atoms with Crippen molar-refractivity contribution in [1.82, 2.24) is 9.88 Å². The Balaban J connectivity index is 1.62. The summed E-state index contributed by atoms with van der Waals surface area (Å²) in [6.07, 6.45) is -4.45. The van der Waals surface area contributed by atoms with Crippen molar-refractivity contribution in [1.29, 1.82) is 0 Å². The molecule has 1 aromatic heterocycles. The van der Waals surface area contributed by atoms with Gasteiger partial charge in [0.15, 0.2) is 5.13 Å². The lowest BCUT2D eigenvalue weighted by molar-refractivity contribution is -0.137. The van der Waals surface area contributed by atoms with Crippen LogP contribution in [0.4, 0.5) is 18.3 Å². The average molecular weight is 465 g/mol. The van der Waals surface area contributed by atoms with Crippen LogP contribution < -0.4 is 9.64 Å². The number of halogens is 3. The summed E-state index contributed by atoms with van der Waals surface area (Å²) in [4.78, 5) is 21.6. The average Bonchev–Trinajstić information content (AvgIpc) is 3.22. The zero-order valence-electron chi connectivity index (χ0n) is 17.4. The minimum atomic E-state index is -4.45. The maximum Gasteiger partial charge on any atom is 0.416 e. The van der Waals surface area contributed by atoms with Crippen molar-refractivity contribution < 1.29 is 27.4 Å². The summed E-state index contributed by atoms with van der Waals surface area (Å²) in [7, 11) is 1.58. The highest BCUT2D eigenvalue weighted by Gasteiger charge is 2.31. The van der Waals surface area contributed by atoms with Crippen molar-refractivity contribution >= 4 is 32.6 Å². The van der Waals surface area contributed by atoms with Crippen molar-refractivity contribution in [2.75, 3.05) is 51.4 Å². The Kier molecular flexibility index (Phi) is 6.63. The largest absolute Gasteiger partial charge is 0.497 e. The number of rotatable bonds is 6. The van der Waals surface area contributed by atoms with Crippen LogP contribution in [-0.2, 0) is 10.9 Å². The van der Waals surface area contributed by atoms with Gasteiger partial charge in [-0.15, -0.1) is 0 Å². The molecule has 6 nitrogen and oxygen atoms in total. The quantitative estimate of drug-likeness (QED) is 0.543. The number of ether oxygens (including phenoxy) is 2. The fraction of sp³-hybridized carbons (Fsp3) is 0.364. The van der Waals surface area contributed by atoms with Crippen molar-refractivity contribution in [2.45, 2.75) is 6.18 Å². The van der Waals surface area contributed by atoms with E-state index in [2.05, 4.69) is 9.88 Å². The van der Waals surface area contributed by atoms with Crippen LogP contribution >= 0.6 is 11.3 Å². The van der Waals surface area contributed by atoms with Crippen molar-refractivity contribution in [3.63, 3.8) is 0 Å². The van der Waals surface area contributed by atoms with E-state index in [0.29, 0.717) is 37.2 Å². The van der Waals surface area contributed by atoms with Gasteiger partial charge in [0.2, 0.25) is 0 Å². The van der Waals surface area contributed by atoms with Gasteiger partial charge in [0, 0.05) is 31.7 Å². The van der Waals surface area contributed by atoms with E-state index >= 15 is 0 Å². The number of anilines is 1. The van der Waals surface area contributed by atoms with E-state index in [1.807, 2.05) is 12.1 Å². The van der Waals surface area contributed by atoms with Crippen LogP contribution in [0.2, 0.25) is 0 Å². The number of thiazole rings is 1. The molecule has 0 saturated carbocycles. The van der Waals surface area contributed by atoms with Crippen LogP contribution in [-0.4, -0.2) is 62.3 Å². The third-order valence-corrected chi connectivity index (χ3v) is 6.30. The molecule has 2 heterocycles. The smallest absolute Gasteiger partial charge is 0.416 e. The number of alkyl halides is 3. The molecule has 10 heteroatoms. The fourth-order valence-electron chi connectivity index (χ4n) is 3.44. The first kappa shape index (κ1) is 22.5. The molecule has 1 amide bonds. The van der Waals surface area contributed by atoms with Gasteiger partial charge >= 0.3 is 6.18 Å². The SMILES string of the molecule is COc1ccc2nc(N(CCN3CCOCC3)C(=O)c3ccc(C(F)(F)F)cc3)sc2c1. The first-order valence-corrected chi connectivity index (χ1v) is 10.9. The van der Waals surface area contributed by atoms with E-state index in [0.717, 1.165) is 35.4 Å². The van der Waals surface area contributed by atoms with E-state index in [1.54, 1.807) is 13.2 Å². The molecule has 1 saturated heterocycles. The predicted molar refractivity (Wildman–Crippen MR) is 117 cm³/mol. The van der Waals surface area contributed by atoms with Crippen LogP contribution in [0.1, 0.15) is 15.9 Å². The van der Waals surface area contributed by atoms with Crippen LogP contribution in [0.3, 0.4) is 0 Å². The minimum Gasteiger partial charge on any atom is -0.497 e. The van der Waals surface area contributed by atoms with Gasteiger partial charge in [0.1, 0.15) is 5.75 Å². The van der Waals surface area contributed by atoms with Gasteiger partial charge in [-0.25, -0.2) is 4.98 Å². The molecule has 0 spiro atoms. The minimum absolute atomic E-state index is 0.178. The highest BCUT2D eigenvalue weighted by Crippen LogP contribution is 2.33. The monoisotopic (exact) mass is 465 g/mol. The Morgan fingerprint density at radius 3 is 2.56 bits per heavy atom. The summed E-state index contributed by atoms with van der Waals surface area (Å²) >= 11 is 1.34. The number of hydrogen-bond acceptors (Lipinski definition) is 6. The Bertz CT molecular complexity index is 1080. The number of hydrogen-bond donors (Lipinski definition) is 0. The maximum atomic E-state index is 13.3. The van der Waals surface area contributed by atoms with Crippen molar-refractivity contribution in [3.8, 4) is 5.75 Å². The number of aromatic nitrogens is 1. The van der Waals surface area contributed by atoms with Crippen molar-refractivity contribution in [2.24, 2.45) is 0 Å². The molecule has 1 aliphatic rings. The molecule has 0 N–H and O–H groups in total. The lowest BCUT2D eigenvalue weighted by Crippen LogP contribution is -2.43. The number of methoxy groups -OCH3 is 1. The molecule has 0 bridgehead atoms. The lowest BCUT2D eigenvalue weighted by Gasteiger charge is -2.29. The second-order valence-corrected chi connectivity index (χ2v) is 8.33. The van der Waals surface area contributed by atoms with E-state index in [1.165, 1.54) is 28.4 Å². The first-order chi connectivity index (χ1) is 15.3. The number of carbonyl (C=O) groups excluding carboxylic acids is 1. The molecular formula is C22H22F3N3O3S. The normalized spacial score (nSPS) is 15.1. The van der Waals surface area contributed by atoms with Gasteiger partial charge < -0.3 is 9.47 Å². The summed E-state index contributed by atoms with van der Waals surface area (Å²) in [5.74, 6) is 0.291. The third kappa shape index (κ3) is 5.03. The van der Waals surface area contributed by atoms with Gasteiger partial charge in [-0.1, -0.05) is 11.3 Å². The van der Waals surface area contributed by atoms with E-state index in [9.17, 15) is 18.0 Å². The van der Waals surface area contributed by atoms with Crippen LogP contribution in [0.5, 0.6) is 5.75 Å². The Hall–Kier alpha value is -2.69. The molecule has 170 valence electrons. The predicted octanol–water partition coefficient (Wildman–Crippen LogP) is 4.30. The fourth-order valence-corrected chi connectivity index (χ4v) is 4.46. The van der Waals surface area contributed by atoms with Crippen LogP contribution in [0, 0.1) is 0 Å². The second kappa shape index (κ2) is 9.43. The maximum absolute atomic E-state index is 13.3. The molecule has 3 aromatic rings. The van der Waals surface area contributed by atoms with E-state index in [4.69, 9.17) is 9.47 Å². The topological polar surface area (TPSA) is 54.9 Å². The van der Waals surface area contributed by atoms with Gasteiger partial charge in [0.25, 0.3) is 5.91 Å². The molecule has 0 unspecified atom stereocenters. The van der Waals surface area contributed by atoms with Crippen molar-refractivity contribution in [3.05, 3.63) is 53.6 Å². The number of morpholine rings is 1. The third-order valence-electron chi connectivity index (χ3n) is 5.26. The second-order valence-electron chi connectivity index (χ2n) is 7.32. The molecule has 1 aliphatic heterocycles. The van der Waals surface area contributed by atoms with Crippen LogP contribution in [0.15, 0.2) is 42.5 Å². The number of amides is 1. The van der Waals surface area contributed by atoms with Gasteiger partial charge in [-0.3, -0.25) is 14.6 Å². The molecule has 1 fully saturated rings. The highest BCUT2D eigenvalue weighted by atomic mass is 32.1. The molecule has 0 atom stereocenters. The highest BCUT2D eigenvalue weighted by molar-refractivity contribution is 7.22. The first-order valence-electron chi connectivity index (χ1n) is 10.1. The molecule has 0 aliphatic carbocycles. The van der Waals surface area contributed by atoms with E-state index < -0.39 is 17.6 Å². The molecule has 4 rings (SSSR count). The summed E-state index contributed by atoms with van der Waals surface area (Å²) in [6, 6.07) is 9.73. The standard InChI is InChI=1S/C22H22F3N3O3S/c1-30-17-6-7-18-19(14-17)32-21(26-18)28(9-8-27-10-12-31-13-11-27)20(29)15-2-4-16(5-3-15)22(23,24)25/h2-7,14H,8-13H2,1H3. The van der Waals surface area contributed by atoms with E-state index in [-0.39, 0.29) is 5.56 Å². The van der Waals surface area contributed by atoms with Gasteiger partial charge in [-0.2, -0.15) is 13.2 Å². The molecular weight excluding hydrogens is 443 g/mol. The van der Waals surface area contributed by atoms with Gasteiger partial charge in [-0.05, 0) is 42.5 Å². The Morgan fingerprint density at radius 1 is 1.19 bits per heavy atom. The summed E-state index contributed by atoms with van der Waals surface area (Å²) in [6.45, 7) is 3.76. The number of carbonyl (C=O) groups is 1. The number of fused-ring (bicyclic) bond motifs is 1. The lowest BCUT2D eigenvalue weighted by atomic mass is 10.1. The van der Waals surface area contributed by atoms with Crippen LogP contribution in [0.25, 0.3) is 10.2 Å². The Morgan fingerprint density at radius 2 is 1.91 bits per heavy atom. The zero-order chi connectivity index (χ0) is 22.7. The number of nitrogens with zero attached hydrogens (tertiary/aromatic N) is 3. The molecule has 32 heavy (non-hydrogen) atoms. The molecule has 2 aromatic carbocycles. The number of benzene rings is 2. The Labute approximate surface area is 187 Å². The summed E-state index contributed by atoms with van der Waals surface area (Å²) in [5, 5.41) is 0.492. The zero-order valence-corrected chi connectivity index (χ0v) is 18.2. The summed E-state index contributed by atoms with van der Waals surface area (Å²) < 4.78 is 50.3. The van der Waals surface area contributed by atoms with Gasteiger partial charge in [0.05, 0.1) is 36.1 Å².